The van der Waals surface area contributed by atoms with Gasteiger partial charge in [0.1, 0.15) is 0 Å². The molecule has 0 aromatic carbocycles. The molecule has 1 aliphatic rings. The molecule has 1 aromatic rings. The molecule has 0 radical (unpaired) electrons. The van der Waals surface area contributed by atoms with Gasteiger partial charge in [-0.15, -0.1) is 0 Å². The Bertz CT molecular complexity index is 341. The second-order valence-corrected chi connectivity index (χ2v) is 3.85. The van der Waals surface area contributed by atoms with E-state index in [0.29, 0.717) is 11.5 Å². The van der Waals surface area contributed by atoms with E-state index in [4.69, 9.17) is 11.6 Å². The maximum Gasteiger partial charge on any atom is 0.255 e. The summed E-state index contributed by atoms with van der Waals surface area (Å²) in [6.07, 6.45) is 5.20. The lowest BCUT2D eigenvalue weighted by atomic mass is 9.82. The number of hydrogen-bond donors (Lipinski definition) is 0. The van der Waals surface area contributed by atoms with Crippen molar-refractivity contribution < 1.29 is 4.79 Å². The van der Waals surface area contributed by atoms with E-state index in [2.05, 4.69) is 5.10 Å². The standard InChI is InChI=1S/C9H11ClN2O/c1-12-5-7(9(10)13)8(11-12)6-3-2-4-6/h5-6H,2-4H2,1H3. The van der Waals surface area contributed by atoms with E-state index in [-0.39, 0.29) is 0 Å². The minimum absolute atomic E-state index is 0.394. The highest BCUT2D eigenvalue weighted by atomic mass is 35.5. The van der Waals surface area contributed by atoms with Crippen LogP contribution in [0.4, 0.5) is 0 Å². The van der Waals surface area contributed by atoms with E-state index in [1.807, 2.05) is 7.05 Å². The van der Waals surface area contributed by atoms with Crippen molar-refractivity contribution in [3.63, 3.8) is 0 Å². The minimum atomic E-state index is -0.394. The van der Waals surface area contributed by atoms with Gasteiger partial charge in [0.15, 0.2) is 0 Å². The highest BCUT2D eigenvalue weighted by Gasteiger charge is 2.26. The molecule has 0 saturated heterocycles. The number of carbonyl (C=O) groups excluding carboxylic acids is 1. The third-order valence-electron chi connectivity index (χ3n) is 2.56. The van der Waals surface area contributed by atoms with Gasteiger partial charge in [-0.05, 0) is 24.4 Å². The smallest absolute Gasteiger partial charge is 0.255 e. The second-order valence-electron chi connectivity index (χ2n) is 3.50. The monoisotopic (exact) mass is 198 g/mol. The van der Waals surface area contributed by atoms with E-state index >= 15 is 0 Å². The third-order valence-corrected chi connectivity index (χ3v) is 2.76. The van der Waals surface area contributed by atoms with Gasteiger partial charge < -0.3 is 0 Å². The van der Waals surface area contributed by atoms with Gasteiger partial charge in [0, 0.05) is 19.2 Å². The van der Waals surface area contributed by atoms with E-state index in [0.717, 1.165) is 18.5 Å². The van der Waals surface area contributed by atoms with Crippen LogP contribution in [0.5, 0.6) is 0 Å². The number of nitrogens with zero attached hydrogens (tertiary/aromatic N) is 2. The lowest BCUT2D eigenvalue weighted by molar-refractivity contribution is 0.107. The summed E-state index contributed by atoms with van der Waals surface area (Å²) in [6, 6.07) is 0. The van der Waals surface area contributed by atoms with Gasteiger partial charge in [0.05, 0.1) is 11.3 Å². The first-order valence-electron chi connectivity index (χ1n) is 4.42. The molecular formula is C9H11ClN2O. The summed E-state index contributed by atoms with van der Waals surface area (Å²) in [4.78, 5) is 11.0. The molecule has 3 nitrogen and oxygen atoms in total. The molecule has 4 heteroatoms. The highest BCUT2D eigenvalue weighted by Crippen LogP contribution is 2.37. The summed E-state index contributed by atoms with van der Waals surface area (Å²) >= 11 is 5.45. The molecule has 0 N–H and O–H groups in total. The fourth-order valence-corrected chi connectivity index (χ4v) is 1.79. The maximum atomic E-state index is 11.0. The molecule has 0 amide bonds. The van der Waals surface area contributed by atoms with Crippen molar-refractivity contribution in [2.24, 2.45) is 7.05 Å². The van der Waals surface area contributed by atoms with Crippen molar-refractivity contribution in [1.82, 2.24) is 9.78 Å². The molecular weight excluding hydrogens is 188 g/mol. The molecule has 1 heterocycles. The maximum absolute atomic E-state index is 11.0. The zero-order valence-corrected chi connectivity index (χ0v) is 8.21. The molecule has 13 heavy (non-hydrogen) atoms. The zero-order chi connectivity index (χ0) is 9.42. The number of hydrogen-bond acceptors (Lipinski definition) is 2. The van der Waals surface area contributed by atoms with Gasteiger partial charge in [-0.2, -0.15) is 5.10 Å². The molecule has 70 valence electrons. The Morgan fingerprint density at radius 3 is 2.85 bits per heavy atom. The van der Waals surface area contributed by atoms with Crippen LogP contribution in [0.15, 0.2) is 6.20 Å². The van der Waals surface area contributed by atoms with Crippen LogP contribution >= 0.6 is 11.6 Å². The van der Waals surface area contributed by atoms with Gasteiger partial charge in [-0.3, -0.25) is 9.48 Å². The molecule has 1 aromatic heterocycles. The van der Waals surface area contributed by atoms with Crippen LogP contribution in [0.3, 0.4) is 0 Å². The van der Waals surface area contributed by atoms with Gasteiger partial charge >= 0.3 is 0 Å². The van der Waals surface area contributed by atoms with Crippen LogP contribution in [-0.2, 0) is 7.05 Å². The van der Waals surface area contributed by atoms with Gasteiger partial charge in [0.25, 0.3) is 5.24 Å². The SMILES string of the molecule is Cn1cc(C(=O)Cl)c(C2CCC2)n1. The predicted molar refractivity (Wildman–Crippen MR) is 50.0 cm³/mol. The van der Waals surface area contributed by atoms with Crippen molar-refractivity contribution in [1.29, 1.82) is 0 Å². The van der Waals surface area contributed by atoms with Crippen LogP contribution in [0.2, 0.25) is 0 Å². The van der Waals surface area contributed by atoms with Gasteiger partial charge in [0.2, 0.25) is 0 Å². The molecule has 0 spiro atoms. The first-order valence-corrected chi connectivity index (χ1v) is 4.79. The third kappa shape index (κ3) is 1.48. The normalized spacial score (nSPS) is 17.1. The largest absolute Gasteiger partial charge is 0.275 e. The summed E-state index contributed by atoms with van der Waals surface area (Å²) in [5.41, 5.74) is 1.46. The average molecular weight is 199 g/mol. The number of aryl methyl sites for hydroxylation is 1. The van der Waals surface area contributed by atoms with E-state index < -0.39 is 5.24 Å². The minimum Gasteiger partial charge on any atom is -0.275 e. The number of aromatic nitrogens is 2. The van der Waals surface area contributed by atoms with Gasteiger partial charge in [-0.1, -0.05) is 6.42 Å². The number of carbonyl (C=O) groups is 1. The first kappa shape index (κ1) is 8.75. The van der Waals surface area contributed by atoms with Crippen LogP contribution < -0.4 is 0 Å². The fourth-order valence-electron chi connectivity index (χ4n) is 1.64. The molecule has 0 atom stereocenters. The van der Waals surface area contributed by atoms with Crippen molar-refractivity contribution >= 4 is 16.8 Å². The molecule has 0 aliphatic heterocycles. The Kier molecular flexibility index (Phi) is 2.12. The van der Waals surface area contributed by atoms with Crippen molar-refractivity contribution in [3.8, 4) is 0 Å². The van der Waals surface area contributed by atoms with E-state index in [1.54, 1.807) is 10.9 Å². The summed E-state index contributed by atoms with van der Waals surface area (Å²) < 4.78 is 1.66. The van der Waals surface area contributed by atoms with Crippen LogP contribution in [0.1, 0.15) is 41.2 Å². The Labute approximate surface area is 81.7 Å². The summed E-state index contributed by atoms with van der Waals surface area (Å²) in [6.45, 7) is 0. The van der Waals surface area contributed by atoms with Crippen LogP contribution in [0, 0.1) is 0 Å². The average Bonchev–Trinajstić information content (AvgIpc) is 2.27. The van der Waals surface area contributed by atoms with Crippen molar-refractivity contribution in [2.75, 3.05) is 0 Å². The Balaban J connectivity index is 2.36. The second kappa shape index (κ2) is 3.14. The molecule has 0 unspecified atom stereocenters. The van der Waals surface area contributed by atoms with Gasteiger partial charge in [-0.25, -0.2) is 0 Å². The Hall–Kier alpha value is -0.830. The van der Waals surface area contributed by atoms with Crippen LogP contribution in [0.25, 0.3) is 0 Å². The molecule has 1 aliphatic carbocycles. The highest BCUT2D eigenvalue weighted by molar-refractivity contribution is 6.67. The molecule has 0 bridgehead atoms. The van der Waals surface area contributed by atoms with Crippen molar-refractivity contribution in [3.05, 3.63) is 17.5 Å². The number of halogens is 1. The first-order chi connectivity index (χ1) is 6.18. The molecule has 1 fully saturated rings. The summed E-state index contributed by atoms with van der Waals surface area (Å²) in [7, 11) is 1.81. The number of rotatable bonds is 2. The predicted octanol–water partition coefficient (Wildman–Crippen LogP) is 2.07. The van der Waals surface area contributed by atoms with Crippen LogP contribution in [-0.4, -0.2) is 15.0 Å². The Morgan fingerprint density at radius 2 is 2.38 bits per heavy atom. The summed E-state index contributed by atoms with van der Waals surface area (Å²) in [5, 5.41) is 3.87. The van der Waals surface area contributed by atoms with Crippen molar-refractivity contribution in [2.45, 2.75) is 25.2 Å². The summed E-state index contributed by atoms with van der Waals surface area (Å²) in [5.74, 6) is 0.457. The van der Waals surface area contributed by atoms with E-state index in [9.17, 15) is 4.79 Å². The quantitative estimate of drug-likeness (QED) is 0.682. The lowest BCUT2D eigenvalue weighted by Gasteiger charge is -2.23. The Morgan fingerprint density at radius 1 is 1.69 bits per heavy atom. The van der Waals surface area contributed by atoms with E-state index in [1.165, 1.54) is 6.42 Å². The molecule has 1 saturated carbocycles. The topological polar surface area (TPSA) is 34.9 Å². The zero-order valence-electron chi connectivity index (χ0n) is 7.46. The lowest BCUT2D eigenvalue weighted by Crippen LogP contribution is -2.12. The molecule has 2 rings (SSSR count). The fraction of sp³-hybridized carbons (Fsp3) is 0.556.